The Labute approximate surface area is 134 Å². The van der Waals surface area contributed by atoms with E-state index in [1.807, 2.05) is 0 Å². The summed E-state index contributed by atoms with van der Waals surface area (Å²) < 4.78 is 10.5. The van der Waals surface area contributed by atoms with Crippen molar-refractivity contribution >= 4 is 11.6 Å². The summed E-state index contributed by atoms with van der Waals surface area (Å²) >= 11 is 0. The Morgan fingerprint density at radius 3 is 1.78 bits per heavy atom. The second-order valence-corrected chi connectivity index (χ2v) is 4.65. The minimum atomic E-state index is -0.234. The summed E-state index contributed by atoms with van der Waals surface area (Å²) in [5.74, 6) is 0.992. The lowest BCUT2D eigenvalue weighted by Crippen LogP contribution is -2.12. The summed E-state index contributed by atoms with van der Waals surface area (Å²) in [6, 6.07) is 13.6. The average Bonchev–Trinajstić information content (AvgIpc) is 2.59. The third kappa shape index (κ3) is 5.28. The second kappa shape index (κ2) is 8.77. The van der Waals surface area contributed by atoms with Crippen LogP contribution in [0.2, 0.25) is 0 Å². The molecule has 0 atom stereocenters. The van der Waals surface area contributed by atoms with E-state index in [4.69, 9.17) is 19.7 Å². The van der Waals surface area contributed by atoms with Gasteiger partial charge in [-0.15, -0.1) is 0 Å². The predicted molar refractivity (Wildman–Crippen MR) is 86.0 cm³/mol. The molecule has 2 aromatic carbocycles. The highest BCUT2D eigenvalue weighted by Gasteiger charge is 2.06. The number of ether oxygens (including phenoxy) is 2. The maximum Gasteiger partial charge on any atom is 0.255 e. The number of rotatable bonds is 8. The van der Waals surface area contributed by atoms with Gasteiger partial charge < -0.3 is 25.0 Å². The van der Waals surface area contributed by atoms with Crippen molar-refractivity contribution in [3.05, 3.63) is 54.1 Å². The fourth-order valence-electron chi connectivity index (χ4n) is 1.87. The number of aliphatic hydroxyl groups excluding tert-OH is 2. The Kier molecular flexibility index (Phi) is 6.40. The van der Waals surface area contributed by atoms with Crippen molar-refractivity contribution in [1.82, 2.24) is 0 Å². The van der Waals surface area contributed by atoms with Crippen molar-refractivity contribution in [2.45, 2.75) is 0 Å². The number of amides is 1. The van der Waals surface area contributed by atoms with Gasteiger partial charge in [-0.05, 0) is 48.5 Å². The molecule has 0 saturated heterocycles. The van der Waals surface area contributed by atoms with E-state index in [0.717, 1.165) is 0 Å². The fraction of sp³-hybridized carbons (Fsp3) is 0.235. The standard InChI is InChI=1S/C17H19NO5/c19-9-11-22-15-5-1-13(2-6-15)17(21)18-14-3-7-16(8-4-14)23-12-10-20/h1-8,19-20H,9-12H2,(H,18,21). The molecule has 122 valence electrons. The Morgan fingerprint density at radius 1 is 0.826 bits per heavy atom. The largest absolute Gasteiger partial charge is 0.491 e. The van der Waals surface area contributed by atoms with Gasteiger partial charge in [0.05, 0.1) is 13.2 Å². The van der Waals surface area contributed by atoms with Gasteiger partial charge in [0, 0.05) is 11.3 Å². The monoisotopic (exact) mass is 317 g/mol. The normalized spacial score (nSPS) is 10.2. The van der Waals surface area contributed by atoms with Crippen LogP contribution in [0.4, 0.5) is 5.69 Å². The van der Waals surface area contributed by atoms with Crippen LogP contribution in [0, 0.1) is 0 Å². The topological polar surface area (TPSA) is 88.0 Å². The zero-order valence-electron chi connectivity index (χ0n) is 12.6. The lowest BCUT2D eigenvalue weighted by molar-refractivity contribution is 0.102. The van der Waals surface area contributed by atoms with Gasteiger partial charge in [0.25, 0.3) is 5.91 Å². The van der Waals surface area contributed by atoms with Gasteiger partial charge in [-0.25, -0.2) is 0 Å². The van der Waals surface area contributed by atoms with Gasteiger partial charge in [0.1, 0.15) is 24.7 Å². The van der Waals surface area contributed by atoms with E-state index in [-0.39, 0.29) is 32.3 Å². The van der Waals surface area contributed by atoms with E-state index in [1.54, 1.807) is 48.5 Å². The van der Waals surface area contributed by atoms with Crippen molar-refractivity contribution in [1.29, 1.82) is 0 Å². The Morgan fingerprint density at radius 2 is 1.30 bits per heavy atom. The molecule has 0 fully saturated rings. The van der Waals surface area contributed by atoms with Crippen molar-refractivity contribution in [2.75, 3.05) is 31.7 Å². The van der Waals surface area contributed by atoms with Gasteiger partial charge in [-0.2, -0.15) is 0 Å². The van der Waals surface area contributed by atoms with Crippen LogP contribution in [0.3, 0.4) is 0 Å². The SMILES string of the molecule is O=C(Nc1ccc(OCCO)cc1)c1ccc(OCCO)cc1. The maximum absolute atomic E-state index is 12.1. The van der Waals surface area contributed by atoms with Crippen LogP contribution in [-0.2, 0) is 0 Å². The quantitative estimate of drug-likeness (QED) is 0.689. The summed E-state index contributed by atoms with van der Waals surface area (Å²) in [6.07, 6.45) is 0. The molecule has 0 unspecified atom stereocenters. The minimum Gasteiger partial charge on any atom is -0.491 e. The van der Waals surface area contributed by atoms with Crippen LogP contribution in [-0.4, -0.2) is 42.5 Å². The zero-order valence-corrected chi connectivity index (χ0v) is 12.6. The van der Waals surface area contributed by atoms with Crippen LogP contribution >= 0.6 is 0 Å². The number of anilines is 1. The molecule has 0 aromatic heterocycles. The molecule has 0 aliphatic carbocycles. The number of hydrogen-bond donors (Lipinski definition) is 3. The van der Waals surface area contributed by atoms with Crippen LogP contribution in [0.15, 0.2) is 48.5 Å². The first-order valence-electron chi connectivity index (χ1n) is 7.21. The van der Waals surface area contributed by atoms with Gasteiger partial charge >= 0.3 is 0 Å². The molecule has 0 aliphatic rings. The van der Waals surface area contributed by atoms with E-state index in [2.05, 4.69) is 5.32 Å². The summed E-state index contributed by atoms with van der Waals surface area (Å²) in [4.78, 5) is 12.1. The molecule has 2 rings (SSSR count). The summed E-state index contributed by atoms with van der Waals surface area (Å²) in [5.41, 5.74) is 1.15. The lowest BCUT2D eigenvalue weighted by Gasteiger charge is -2.08. The van der Waals surface area contributed by atoms with Gasteiger partial charge in [0.15, 0.2) is 0 Å². The highest BCUT2D eigenvalue weighted by Crippen LogP contribution is 2.17. The highest BCUT2D eigenvalue weighted by atomic mass is 16.5. The number of aliphatic hydroxyl groups is 2. The molecular weight excluding hydrogens is 298 g/mol. The predicted octanol–water partition coefficient (Wildman–Crippen LogP) is 1.68. The molecule has 6 nitrogen and oxygen atoms in total. The van der Waals surface area contributed by atoms with E-state index >= 15 is 0 Å². The summed E-state index contributed by atoms with van der Waals surface area (Å²) in [6.45, 7) is 0.351. The molecule has 0 bridgehead atoms. The molecule has 0 heterocycles. The van der Waals surface area contributed by atoms with Crippen LogP contribution in [0.25, 0.3) is 0 Å². The van der Waals surface area contributed by atoms with Crippen LogP contribution < -0.4 is 14.8 Å². The highest BCUT2D eigenvalue weighted by molar-refractivity contribution is 6.04. The molecule has 0 saturated carbocycles. The first-order valence-corrected chi connectivity index (χ1v) is 7.21. The third-order valence-corrected chi connectivity index (χ3v) is 2.95. The minimum absolute atomic E-state index is 0.0451. The first kappa shape index (κ1) is 16.8. The Bertz CT molecular complexity index is 610. The first-order chi connectivity index (χ1) is 11.2. The van der Waals surface area contributed by atoms with Gasteiger partial charge in [-0.1, -0.05) is 0 Å². The van der Waals surface area contributed by atoms with Crippen LogP contribution in [0.1, 0.15) is 10.4 Å². The molecule has 2 aromatic rings. The summed E-state index contributed by atoms with van der Waals surface area (Å²) in [5, 5.41) is 20.2. The number of carbonyl (C=O) groups excluding carboxylic acids is 1. The van der Waals surface area contributed by atoms with Crippen molar-refractivity contribution in [3.63, 3.8) is 0 Å². The molecule has 0 radical (unpaired) electrons. The molecule has 6 heteroatoms. The summed E-state index contributed by atoms with van der Waals surface area (Å²) in [7, 11) is 0. The van der Waals surface area contributed by atoms with E-state index in [9.17, 15) is 4.79 Å². The molecule has 23 heavy (non-hydrogen) atoms. The number of benzene rings is 2. The lowest BCUT2D eigenvalue weighted by atomic mass is 10.2. The number of hydrogen-bond acceptors (Lipinski definition) is 5. The average molecular weight is 317 g/mol. The number of nitrogens with one attached hydrogen (secondary N) is 1. The molecule has 0 spiro atoms. The Balaban J connectivity index is 1.93. The molecule has 1 amide bonds. The number of carbonyl (C=O) groups is 1. The smallest absolute Gasteiger partial charge is 0.255 e. The second-order valence-electron chi connectivity index (χ2n) is 4.65. The van der Waals surface area contributed by atoms with E-state index < -0.39 is 0 Å². The van der Waals surface area contributed by atoms with E-state index in [0.29, 0.717) is 22.7 Å². The van der Waals surface area contributed by atoms with Gasteiger partial charge in [0.2, 0.25) is 0 Å². The van der Waals surface area contributed by atoms with E-state index in [1.165, 1.54) is 0 Å². The molecule has 3 N–H and O–H groups in total. The maximum atomic E-state index is 12.1. The van der Waals surface area contributed by atoms with Crippen molar-refractivity contribution in [2.24, 2.45) is 0 Å². The molecule has 0 aliphatic heterocycles. The fourth-order valence-corrected chi connectivity index (χ4v) is 1.87. The third-order valence-electron chi connectivity index (χ3n) is 2.95. The Hall–Kier alpha value is -2.57. The van der Waals surface area contributed by atoms with Gasteiger partial charge in [-0.3, -0.25) is 4.79 Å². The van der Waals surface area contributed by atoms with Crippen LogP contribution in [0.5, 0.6) is 11.5 Å². The zero-order chi connectivity index (χ0) is 16.5. The molecular formula is C17H19NO5. The van der Waals surface area contributed by atoms with Crippen molar-refractivity contribution < 1.29 is 24.5 Å². The van der Waals surface area contributed by atoms with Crippen molar-refractivity contribution in [3.8, 4) is 11.5 Å².